The predicted octanol–water partition coefficient (Wildman–Crippen LogP) is 6.38. The molecule has 0 amide bonds. The van der Waals surface area contributed by atoms with Gasteiger partial charge in [0.2, 0.25) is 0 Å². The molecule has 0 aromatic heterocycles. The van der Waals surface area contributed by atoms with E-state index in [-0.39, 0.29) is 30.7 Å². The molecule has 260 valence electrons. The fraction of sp³-hybridized carbons (Fsp3) is 0.684. The molecule has 1 unspecified atom stereocenters. The van der Waals surface area contributed by atoms with E-state index in [4.69, 9.17) is 28.5 Å². The van der Waals surface area contributed by atoms with Gasteiger partial charge in [0.25, 0.3) is 0 Å². The Morgan fingerprint density at radius 1 is 1.17 bits per heavy atom. The third-order valence-corrected chi connectivity index (χ3v) is 10.4. The second kappa shape index (κ2) is 14.5. The van der Waals surface area contributed by atoms with Crippen molar-refractivity contribution in [2.75, 3.05) is 20.8 Å². The molecular formula is C38H55NO8. The third-order valence-electron chi connectivity index (χ3n) is 10.4. The van der Waals surface area contributed by atoms with Crippen LogP contribution in [0, 0.1) is 23.7 Å². The molecule has 5 rings (SSSR count). The first-order valence-electron chi connectivity index (χ1n) is 17.2. The standard InChI is InChI=1S/C38H55NO8/c1-22(2)15-25(5)33-27(7)32(39-43-9)20-37(47-33)19-30-18-29(46-37)14-13-24(4)16-23(3)11-10-12-28-21-44-35-34(42-8)26(6)17-31(36(40)45-30)38(28,35)41/h10-13,15,17,22-23,27,29-31,33-35,41H,14,16,18-21H2,1-9H3/b11-10+,24-13+,25-15+,28-12+,39-32+/t23-,27-,29+,30-,31-,33?,34+,35+,37-,38+/m0/s1. The average Bonchev–Trinajstić information content (AvgIpc) is 3.33. The summed E-state index contributed by atoms with van der Waals surface area (Å²) in [6.45, 7) is 14.9. The van der Waals surface area contributed by atoms with Gasteiger partial charge in [-0.25, -0.2) is 0 Å². The molecule has 5 aliphatic rings. The van der Waals surface area contributed by atoms with Crippen molar-refractivity contribution < 1.29 is 38.4 Å². The van der Waals surface area contributed by atoms with Crippen molar-refractivity contribution in [2.24, 2.45) is 28.8 Å². The lowest BCUT2D eigenvalue weighted by atomic mass is 9.70. The van der Waals surface area contributed by atoms with Crippen molar-refractivity contribution in [1.29, 1.82) is 0 Å². The van der Waals surface area contributed by atoms with Crippen LogP contribution < -0.4 is 0 Å². The van der Waals surface area contributed by atoms with Crippen LogP contribution in [0.3, 0.4) is 0 Å². The zero-order chi connectivity index (χ0) is 34.1. The number of hydrogen-bond donors (Lipinski definition) is 1. The molecular weight excluding hydrogens is 598 g/mol. The number of allylic oxidation sites excluding steroid dienone is 5. The molecule has 0 aromatic carbocycles. The Balaban J connectivity index is 1.56. The molecule has 0 radical (unpaired) electrons. The Kier molecular flexibility index (Phi) is 11.0. The van der Waals surface area contributed by atoms with Crippen LogP contribution in [0.2, 0.25) is 0 Å². The van der Waals surface area contributed by atoms with Crippen LogP contribution in [0.25, 0.3) is 0 Å². The third kappa shape index (κ3) is 7.39. The summed E-state index contributed by atoms with van der Waals surface area (Å²) in [7, 11) is 3.16. The van der Waals surface area contributed by atoms with Crippen LogP contribution in [0.15, 0.2) is 63.9 Å². The van der Waals surface area contributed by atoms with Gasteiger partial charge in [0.15, 0.2) is 5.79 Å². The van der Waals surface area contributed by atoms with E-state index >= 15 is 0 Å². The summed E-state index contributed by atoms with van der Waals surface area (Å²) in [4.78, 5) is 19.6. The lowest BCUT2D eigenvalue weighted by Gasteiger charge is -2.50. The number of oxime groups is 1. The Morgan fingerprint density at radius 3 is 2.64 bits per heavy atom. The van der Waals surface area contributed by atoms with Crippen LogP contribution in [0.1, 0.15) is 80.6 Å². The van der Waals surface area contributed by atoms with Gasteiger partial charge in [-0.2, -0.15) is 0 Å². The van der Waals surface area contributed by atoms with Crippen LogP contribution >= 0.6 is 0 Å². The van der Waals surface area contributed by atoms with Gasteiger partial charge in [-0.3, -0.25) is 4.79 Å². The maximum Gasteiger partial charge on any atom is 0.316 e. The molecule has 4 heterocycles. The Labute approximate surface area is 280 Å². The Morgan fingerprint density at radius 2 is 1.94 bits per heavy atom. The molecule has 9 heteroatoms. The number of ether oxygens (including phenoxy) is 5. The van der Waals surface area contributed by atoms with E-state index in [9.17, 15) is 9.90 Å². The first kappa shape index (κ1) is 35.7. The number of nitrogens with zero attached hydrogens (tertiary/aromatic N) is 1. The number of carbonyl (C=O) groups is 1. The van der Waals surface area contributed by atoms with E-state index in [1.54, 1.807) is 20.3 Å². The molecule has 3 fully saturated rings. The number of carbonyl (C=O) groups excluding carboxylic acids is 1. The van der Waals surface area contributed by atoms with Crippen molar-refractivity contribution >= 4 is 11.7 Å². The lowest BCUT2D eigenvalue weighted by Crippen LogP contribution is -2.59. The average molecular weight is 654 g/mol. The van der Waals surface area contributed by atoms with Crippen molar-refractivity contribution in [1.82, 2.24) is 0 Å². The lowest BCUT2D eigenvalue weighted by molar-refractivity contribution is -0.313. The minimum Gasteiger partial charge on any atom is -0.462 e. The predicted molar refractivity (Wildman–Crippen MR) is 181 cm³/mol. The molecule has 0 aromatic rings. The van der Waals surface area contributed by atoms with E-state index in [0.717, 1.165) is 23.3 Å². The molecule has 1 N–H and O–H groups in total. The Bertz CT molecular complexity index is 1360. The second-order valence-electron chi connectivity index (χ2n) is 14.7. The summed E-state index contributed by atoms with van der Waals surface area (Å²) in [6, 6.07) is 0. The van der Waals surface area contributed by atoms with Crippen LogP contribution in [0.4, 0.5) is 0 Å². The van der Waals surface area contributed by atoms with E-state index < -0.39 is 41.6 Å². The molecule has 3 saturated heterocycles. The van der Waals surface area contributed by atoms with Crippen LogP contribution in [-0.2, 0) is 33.3 Å². The van der Waals surface area contributed by atoms with Gasteiger partial charge < -0.3 is 33.6 Å². The number of fused-ring (bicyclic) bond motifs is 2. The number of hydrogen-bond acceptors (Lipinski definition) is 9. The molecule has 2 bridgehead atoms. The van der Waals surface area contributed by atoms with Crippen molar-refractivity contribution in [3.63, 3.8) is 0 Å². The summed E-state index contributed by atoms with van der Waals surface area (Å²) in [6.07, 6.45) is 12.7. The zero-order valence-corrected chi connectivity index (χ0v) is 29.7. The first-order chi connectivity index (χ1) is 22.3. The van der Waals surface area contributed by atoms with Gasteiger partial charge >= 0.3 is 5.97 Å². The van der Waals surface area contributed by atoms with Gasteiger partial charge in [-0.15, -0.1) is 0 Å². The number of rotatable bonds is 4. The SMILES string of the molecule is CO/N=C1\C[C@]2(C[C@@H]3C[C@@H](C/C=C(\C)C[C@@H](C)/C=C/C=C4\CO[C@@H]5[C@H](OC)C(C)=C[C@@H](C(=O)O3)[C@]45O)O2)OC(/C(C)=C/C(C)C)[C@H]1C. The van der Waals surface area contributed by atoms with Gasteiger partial charge in [-0.1, -0.05) is 74.9 Å². The summed E-state index contributed by atoms with van der Waals surface area (Å²) in [5.74, 6) is -1.95. The molecule has 10 atom stereocenters. The van der Waals surface area contributed by atoms with E-state index in [1.165, 1.54) is 5.57 Å². The molecule has 0 saturated carbocycles. The zero-order valence-electron chi connectivity index (χ0n) is 29.7. The number of methoxy groups -OCH3 is 1. The van der Waals surface area contributed by atoms with Crippen LogP contribution in [-0.4, -0.2) is 79.5 Å². The highest BCUT2D eigenvalue weighted by Gasteiger charge is 2.60. The summed E-state index contributed by atoms with van der Waals surface area (Å²) >= 11 is 0. The van der Waals surface area contributed by atoms with E-state index in [2.05, 4.69) is 64.9 Å². The second-order valence-corrected chi connectivity index (χ2v) is 14.7. The largest absolute Gasteiger partial charge is 0.462 e. The van der Waals surface area contributed by atoms with E-state index in [1.807, 2.05) is 19.1 Å². The molecule has 47 heavy (non-hydrogen) atoms. The van der Waals surface area contributed by atoms with Crippen LogP contribution in [0.5, 0.6) is 0 Å². The highest BCUT2D eigenvalue weighted by atomic mass is 16.7. The fourth-order valence-corrected chi connectivity index (χ4v) is 8.23. The number of esters is 1. The fourth-order valence-electron chi connectivity index (χ4n) is 8.23. The summed E-state index contributed by atoms with van der Waals surface area (Å²) in [5, 5.41) is 16.9. The van der Waals surface area contributed by atoms with Crippen molar-refractivity contribution in [2.45, 2.75) is 122 Å². The monoisotopic (exact) mass is 653 g/mol. The molecule has 1 spiro atoms. The van der Waals surface area contributed by atoms with Gasteiger partial charge in [0, 0.05) is 32.3 Å². The maximum atomic E-state index is 14.3. The first-order valence-corrected chi connectivity index (χ1v) is 17.2. The topological polar surface area (TPSA) is 105 Å². The normalized spacial score (nSPS) is 43.8. The molecule has 4 aliphatic heterocycles. The van der Waals surface area contributed by atoms with Gasteiger partial charge in [-0.05, 0) is 62.2 Å². The Hall–Kier alpha value is -2.56. The highest BCUT2D eigenvalue weighted by Crippen LogP contribution is 2.48. The van der Waals surface area contributed by atoms with Crippen molar-refractivity contribution in [3.8, 4) is 0 Å². The van der Waals surface area contributed by atoms with E-state index in [0.29, 0.717) is 37.2 Å². The van der Waals surface area contributed by atoms with Crippen molar-refractivity contribution in [3.05, 3.63) is 58.7 Å². The minimum absolute atomic E-state index is 0.0226. The smallest absolute Gasteiger partial charge is 0.316 e. The highest BCUT2D eigenvalue weighted by molar-refractivity contribution is 5.88. The van der Waals surface area contributed by atoms with Gasteiger partial charge in [0.1, 0.15) is 36.9 Å². The number of aliphatic hydroxyl groups is 1. The molecule has 9 nitrogen and oxygen atoms in total. The van der Waals surface area contributed by atoms with Gasteiger partial charge in [0.05, 0.1) is 24.5 Å². The minimum atomic E-state index is -1.61. The summed E-state index contributed by atoms with van der Waals surface area (Å²) in [5.41, 5.74) is 3.06. The molecule has 1 aliphatic carbocycles. The quantitative estimate of drug-likeness (QED) is 0.212. The maximum absolute atomic E-state index is 14.3. The summed E-state index contributed by atoms with van der Waals surface area (Å²) < 4.78 is 32.2.